The highest BCUT2D eigenvalue weighted by Crippen LogP contribution is 2.35. The minimum atomic E-state index is -0.200. The number of halogens is 1. The van der Waals surface area contributed by atoms with Crippen molar-refractivity contribution >= 4 is 23.3 Å². The van der Waals surface area contributed by atoms with Crippen LogP contribution >= 0.6 is 12.2 Å². The van der Waals surface area contributed by atoms with Crippen LogP contribution in [0.2, 0.25) is 0 Å². The molecule has 0 radical (unpaired) electrons. The summed E-state index contributed by atoms with van der Waals surface area (Å²) in [6, 6.07) is 3.41. The molecule has 2 aromatic rings. The van der Waals surface area contributed by atoms with Crippen molar-refractivity contribution in [2.75, 3.05) is 0 Å². The molecule has 4 heteroatoms. The lowest BCUT2D eigenvalue weighted by atomic mass is 9.81. The van der Waals surface area contributed by atoms with E-state index in [2.05, 4.69) is 44.2 Å². The van der Waals surface area contributed by atoms with Gasteiger partial charge in [-0.15, -0.1) is 0 Å². The fraction of sp³-hybridized carbons (Fsp3) is 0.562. The van der Waals surface area contributed by atoms with E-state index in [-0.39, 0.29) is 16.8 Å². The quantitative estimate of drug-likeness (QED) is 0.744. The highest BCUT2D eigenvalue weighted by Gasteiger charge is 2.29. The minimum absolute atomic E-state index is 0.127. The lowest BCUT2D eigenvalue weighted by Crippen LogP contribution is -2.31. The molecule has 1 aromatic carbocycles. The van der Waals surface area contributed by atoms with Gasteiger partial charge in [-0.2, -0.15) is 0 Å². The lowest BCUT2D eigenvalue weighted by Gasteiger charge is -2.34. The van der Waals surface area contributed by atoms with Crippen LogP contribution in [0.4, 0.5) is 4.39 Å². The van der Waals surface area contributed by atoms with Crippen molar-refractivity contribution in [3.05, 3.63) is 28.3 Å². The molecule has 0 unspecified atom stereocenters. The number of aryl methyl sites for hydroxylation is 1. The zero-order valence-corrected chi connectivity index (χ0v) is 13.9. The third kappa shape index (κ3) is 2.80. The number of fused-ring (bicyclic) bond motifs is 1. The molecule has 0 amide bonds. The standard InChI is InChI=1S/C16H23FN2S/c1-10-7-13-12(8-11(10)17)18-14(20)19(13)16(5,6)9-15(2,3)4/h7-8H,9H2,1-6H3,(H,18,20). The summed E-state index contributed by atoms with van der Waals surface area (Å²) in [7, 11) is 0. The molecule has 0 aliphatic carbocycles. The number of imidazole rings is 1. The van der Waals surface area contributed by atoms with E-state index in [0.717, 1.165) is 17.5 Å². The topological polar surface area (TPSA) is 20.7 Å². The summed E-state index contributed by atoms with van der Waals surface area (Å²) in [5.74, 6) is -0.200. The van der Waals surface area contributed by atoms with Crippen LogP contribution in [-0.2, 0) is 5.54 Å². The molecule has 0 saturated heterocycles. The molecule has 0 aliphatic heterocycles. The smallest absolute Gasteiger partial charge is 0.178 e. The van der Waals surface area contributed by atoms with E-state index in [1.165, 1.54) is 6.07 Å². The number of aromatic amines is 1. The van der Waals surface area contributed by atoms with Crippen LogP contribution < -0.4 is 0 Å². The number of nitrogens with one attached hydrogen (secondary N) is 1. The molecule has 1 aromatic heterocycles. The maximum absolute atomic E-state index is 13.7. The van der Waals surface area contributed by atoms with E-state index >= 15 is 0 Å². The largest absolute Gasteiger partial charge is 0.330 e. The summed E-state index contributed by atoms with van der Waals surface area (Å²) < 4.78 is 16.5. The van der Waals surface area contributed by atoms with E-state index in [1.54, 1.807) is 6.92 Å². The van der Waals surface area contributed by atoms with Crippen LogP contribution in [0.5, 0.6) is 0 Å². The summed E-state index contributed by atoms with van der Waals surface area (Å²) in [6.07, 6.45) is 0.984. The van der Waals surface area contributed by atoms with E-state index < -0.39 is 0 Å². The maximum Gasteiger partial charge on any atom is 0.178 e. The second kappa shape index (κ2) is 4.69. The van der Waals surface area contributed by atoms with Crippen LogP contribution in [-0.4, -0.2) is 9.55 Å². The van der Waals surface area contributed by atoms with Crippen molar-refractivity contribution < 1.29 is 4.39 Å². The van der Waals surface area contributed by atoms with Crippen molar-refractivity contribution in [3.63, 3.8) is 0 Å². The lowest BCUT2D eigenvalue weighted by molar-refractivity contribution is 0.217. The molecular formula is C16H23FN2S. The van der Waals surface area contributed by atoms with Gasteiger partial charge in [-0.3, -0.25) is 0 Å². The number of rotatable bonds is 2. The number of benzene rings is 1. The second-order valence-electron chi connectivity index (χ2n) is 7.43. The first-order valence-corrected chi connectivity index (χ1v) is 7.33. The fourth-order valence-electron chi connectivity index (χ4n) is 3.21. The van der Waals surface area contributed by atoms with E-state index in [9.17, 15) is 4.39 Å². The predicted molar refractivity (Wildman–Crippen MR) is 85.2 cm³/mol. The van der Waals surface area contributed by atoms with E-state index in [1.807, 2.05) is 6.07 Å². The highest BCUT2D eigenvalue weighted by molar-refractivity contribution is 7.71. The Morgan fingerprint density at radius 2 is 1.80 bits per heavy atom. The van der Waals surface area contributed by atoms with Crippen LogP contribution in [0.1, 0.15) is 46.6 Å². The summed E-state index contributed by atoms with van der Waals surface area (Å²) in [5.41, 5.74) is 2.45. The number of aromatic nitrogens is 2. The van der Waals surface area contributed by atoms with Gasteiger partial charge in [-0.1, -0.05) is 20.8 Å². The molecule has 0 aliphatic rings. The Balaban J connectivity index is 2.68. The van der Waals surface area contributed by atoms with Gasteiger partial charge in [0.1, 0.15) is 5.82 Å². The van der Waals surface area contributed by atoms with Gasteiger partial charge in [-0.05, 0) is 62.5 Å². The van der Waals surface area contributed by atoms with Gasteiger partial charge < -0.3 is 9.55 Å². The van der Waals surface area contributed by atoms with Gasteiger partial charge in [0.05, 0.1) is 11.0 Å². The van der Waals surface area contributed by atoms with Crippen LogP contribution in [0.25, 0.3) is 11.0 Å². The van der Waals surface area contributed by atoms with Crippen molar-refractivity contribution in [3.8, 4) is 0 Å². The molecule has 1 heterocycles. The first-order chi connectivity index (χ1) is 9.01. The minimum Gasteiger partial charge on any atom is -0.330 e. The van der Waals surface area contributed by atoms with Gasteiger partial charge in [0, 0.05) is 5.54 Å². The van der Waals surface area contributed by atoms with Crippen LogP contribution in [0, 0.1) is 22.9 Å². The monoisotopic (exact) mass is 294 g/mol. The van der Waals surface area contributed by atoms with Crippen molar-refractivity contribution in [1.82, 2.24) is 9.55 Å². The van der Waals surface area contributed by atoms with Crippen molar-refractivity contribution in [2.45, 2.75) is 53.5 Å². The Bertz CT molecular complexity index is 702. The number of hydrogen-bond donors (Lipinski definition) is 1. The molecule has 20 heavy (non-hydrogen) atoms. The van der Waals surface area contributed by atoms with Gasteiger partial charge in [0.15, 0.2) is 4.77 Å². The summed E-state index contributed by atoms with van der Waals surface area (Å²) in [4.78, 5) is 3.12. The Morgan fingerprint density at radius 1 is 1.20 bits per heavy atom. The Morgan fingerprint density at radius 3 is 2.35 bits per heavy atom. The molecule has 2 rings (SSSR count). The van der Waals surface area contributed by atoms with Crippen molar-refractivity contribution in [2.24, 2.45) is 5.41 Å². The number of nitrogens with zero attached hydrogens (tertiary/aromatic N) is 1. The van der Waals surface area contributed by atoms with E-state index in [4.69, 9.17) is 12.2 Å². The molecule has 2 nitrogen and oxygen atoms in total. The molecule has 0 spiro atoms. The molecule has 0 saturated carbocycles. The van der Waals surface area contributed by atoms with Gasteiger partial charge in [0.2, 0.25) is 0 Å². The average Bonchev–Trinajstić information content (AvgIpc) is 2.51. The van der Waals surface area contributed by atoms with Crippen molar-refractivity contribution in [1.29, 1.82) is 0 Å². The zero-order chi connectivity index (χ0) is 15.3. The zero-order valence-electron chi connectivity index (χ0n) is 13.1. The fourth-order valence-corrected chi connectivity index (χ4v) is 3.67. The van der Waals surface area contributed by atoms with Gasteiger partial charge in [0.25, 0.3) is 0 Å². The molecular weight excluding hydrogens is 271 g/mol. The van der Waals surface area contributed by atoms with Crippen LogP contribution in [0.15, 0.2) is 12.1 Å². The van der Waals surface area contributed by atoms with Gasteiger partial charge in [-0.25, -0.2) is 4.39 Å². The second-order valence-corrected chi connectivity index (χ2v) is 7.82. The predicted octanol–water partition coefficient (Wildman–Crippen LogP) is 5.32. The highest BCUT2D eigenvalue weighted by atomic mass is 32.1. The Hall–Kier alpha value is -1.16. The molecule has 110 valence electrons. The Labute approximate surface area is 125 Å². The average molecular weight is 294 g/mol. The summed E-state index contributed by atoms with van der Waals surface area (Å²) >= 11 is 5.46. The van der Waals surface area contributed by atoms with E-state index in [0.29, 0.717) is 10.3 Å². The number of H-pyrrole nitrogens is 1. The first-order valence-electron chi connectivity index (χ1n) is 6.93. The third-order valence-electron chi connectivity index (χ3n) is 3.53. The molecule has 1 N–H and O–H groups in total. The maximum atomic E-state index is 13.7. The SMILES string of the molecule is Cc1cc2c(cc1F)[nH]c(=S)n2C(C)(C)CC(C)(C)C. The normalized spacial score (nSPS) is 13.2. The number of hydrogen-bond acceptors (Lipinski definition) is 1. The Kier molecular flexibility index (Phi) is 3.57. The summed E-state index contributed by atoms with van der Waals surface area (Å²) in [5, 5.41) is 0. The van der Waals surface area contributed by atoms with Crippen LogP contribution in [0.3, 0.4) is 0 Å². The first kappa shape index (κ1) is 15.2. The third-order valence-corrected chi connectivity index (χ3v) is 3.82. The summed E-state index contributed by atoms with van der Waals surface area (Å²) in [6.45, 7) is 12.8. The van der Waals surface area contributed by atoms with Gasteiger partial charge >= 0.3 is 0 Å². The molecule has 0 bridgehead atoms. The molecule has 0 fully saturated rings. The molecule has 0 atom stereocenters.